The number of thioether (sulfide) groups is 1. The average Bonchev–Trinajstić information content (AvgIpc) is 2.35. The van der Waals surface area contributed by atoms with Crippen molar-refractivity contribution in [3.63, 3.8) is 0 Å². The summed E-state index contributed by atoms with van der Waals surface area (Å²) in [5.41, 5.74) is 1.56. The van der Waals surface area contributed by atoms with Gasteiger partial charge in [-0.15, -0.1) is 11.8 Å². The van der Waals surface area contributed by atoms with E-state index in [1.807, 2.05) is 11.8 Å². The summed E-state index contributed by atoms with van der Waals surface area (Å²) < 4.78 is 5.26. The quantitative estimate of drug-likeness (QED) is 0.890. The van der Waals surface area contributed by atoms with Crippen LogP contribution in [0.25, 0.3) is 0 Å². The number of benzene rings is 1. The van der Waals surface area contributed by atoms with Gasteiger partial charge in [0.15, 0.2) is 0 Å². The van der Waals surface area contributed by atoms with Gasteiger partial charge in [-0.1, -0.05) is 18.2 Å². The fourth-order valence-corrected chi connectivity index (χ4v) is 3.74. The van der Waals surface area contributed by atoms with E-state index in [0.717, 1.165) is 32.2 Å². The van der Waals surface area contributed by atoms with Gasteiger partial charge in [-0.3, -0.25) is 0 Å². The summed E-state index contributed by atoms with van der Waals surface area (Å²) in [5, 5.41) is 4.12. The Bertz CT molecular complexity index is 372. The van der Waals surface area contributed by atoms with Crippen molar-refractivity contribution >= 4 is 11.8 Å². The van der Waals surface area contributed by atoms with E-state index in [1.54, 1.807) is 5.56 Å². The molecule has 2 heterocycles. The first-order valence-electron chi connectivity index (χ1n) is 6.47. The fourth-order valence-electron chi connectivity index (χ4n) is 2.52. The minimum absolute atomic E-state index is 0.679. The highest BCUT2D eigenvalue weighted by atomic mass is 32.2. The van der Waals surface area contributed by atoms with Gasteiger partial charge in [0.2, 0.25) is 0 Å². The number of hydrogen-bond donors (Lipinski definition) is 1. The van der Waals surface area contributed by atoms with Crippen LogP contribution in [0.2, 0.25) is 0 Å². The van der Waals surface area contributed by atoms with E-state index in [4.69, 9.17) is 4.74 Å². The van der Waals surface area contributed by atoms with Gasteiger partial charge in [0.1, 0.15) is 0 Å². The third-order valence-electron chi connectivity index (χ3n) is 3.60. The molecule has 0 atom stereocenters. The van der Waals surface area contributed by atoms with Crippen LogP contribution in [0.4, 0.5) is 0 Å². The van der Waals surface area contributed by atoms with Crippen LogP contribution in [0.5, 0.6) is 0 Å². The Morgan fingerprint density at radius 3 is 2.59 bits per heavy atom. The standard InChI is InChI=1S/C14H19NOS/c1-2-4-14(17-12-9-16-10-12)13(3-1)11-5-7-15-8-6-11/h1-4,11-12,15H,5-10H2. The van der Waals surface area contributed by atoms with Gasteiger partial charge in [0.25, 0.3) is 0 Å². The van der Waals surface area contributed by atoms with Crippen LogP contribution in [0.3, 0.4) is 0 Å². The summed E-state index contributed by atoms with van der Waals surface area (Å²) in [4.78, 5) is 1.48. The zero-order valence-corrected chi connectivity index (χ0v) is 10.8. The molecule has 0 radical (unpaired) electrons. The fraction of sp³-hybridized carbons (Fsp3) is 0.571. The Balaban J connectivity index is 1.76. The normalized spacial score (nSPS) is 22.4. The molecule has 2 aliphatic rings. The lowest BCUT2D eigenvalue weighted by Gasteiger charge is -2.29. The zero-order chi connectivity index (χ0) is 11.5. The average molecular weight is 249 g/mol. The molecular weight excluding hydrogens is 230 g/mol. The van der Waals surface area contributed by atoms with E-state index in [9.17, 15) is 0 Å². The van der Waals surface area contributed by atoms with Gasteiger partial charge in [0.05, 0.1) is 18.5 Å². The molecule has 0 unspecified atom stereocenters. The van der Waals surface area contributed by atoms with E-state index in [0.29, 0.717) is 5.25 Å². The monoisotopic (exact) mass is 249 g/mol. The number of nitrogens with one attached hydrogen (secondary N) is 1. The Morgan fingerprint density at radius 2 is 1.88 bits per heavy atom. The summed E-state index contributed by atoms with van der Waals surface area (Å²) in [6, 6.07) is 8.93. The minimum Gasteiger partial charge on any atom is -0.379 e. The molecular formula is C14H19NOS. The molecule has 3 heteroatoms. The van der Waals surface area contributed by atoms with Crippen LogP contribution >= 0.6 is 11.8 Å². The van der Waals surface area contributed by atoms with Gasteiger partial charge < -0.3 is 10.1 Å². The van der Waals surface area contributed by atoms with Crippen LogP contribution in [-0.2, 0) is 4.74 Å². The van der Waals surface area contributed by atoms with Crippen molar-refractivity contribution < 1.29 is 4.74 Å². The largest absolute Gasteiger partial charge is 0.379 e. The third-order valence-corrected chi connectivity index (χ3v) is 4.83. The first-order chi connectivity index (χ1) is 8.43. The molecule has 0 amide bonds. The van der Waals surface area contributed by atoms with Gasteiger partial charge in [-0.25, -0.2) is 0 Å². The van der Waals surface area contributed by atoms with Gasteiger partial charge in [-0.2, -0.15) is 0 Å². The molecule has 1 aromatic carbocycles. The van der Waals surface area contributed by atoms with Crippen molar-refractivity contribution in [2.24, 2.45) is 0 Å². The molecule has 0 spiro atoms. The molecule has 2 fully saturated rings. The van der Waals surface area contributed by atoms with E-state index < -0.39 is 0 Å². The molecule has 0 bridgehead atoms. The Labute approximate surface area is 107 Å². The summed E-state index contributed by atoms with van der Waals surface area (Å²) in [6.07, 6.45) is 2.55. The van der Waals surface area contributed by atoms with Crippen LogP contribution in [-0.4, -0.2) is 31.6 Å². The smallest absolute Gasteiger partial charge is 0.0611 e. The van der Waals surface area contributed by atoms with Crippen molar-refractivity contribution in [2.75, 3.05) is 26.3 Å². The maximum Gasteiger partial charge on any atom is 0.0611 e. The molecule has 1 aromatic rings. The van der Waals surface area contributed by atoms with Crippen LogP contribution in [0.15, 0.2) is 29.2 Å². The summed E-state index contributed by atoms with van der Waals surface area (Å²) >= 11 is 2.01. The lowest BCUT2D eigenvalue weighted by molar-refractivity contribution is 0.0455. The highest BCUT2D eigenvalue weighted by molar-refractivity contribution is 8.00. The summed E-state index contributed by atoms with van der Waals surface area (Å²) in [6.45, 7) is 4.17. The number of hydrogen-bond acceptors (Lipinski definition) is 3. The first-order valence-corrected chi connectivity index (χ1v) is 7.35. The zero-order valence-electron chi connectivity index (χ0n) is 10.0. The molecule has 0 saturated carbocycles. The number of ether oxygens (including phenoxy) is 1. The van der Waals surface area contributed by atoms with Crippen molar-refractivity contribution in [3.05, 3.63) is 29.8 Å². The van der Waals surface area contributed by atoms with Crippen molar-refractivity contribution in [1.29, 1.82) is 0 Å². The van der Waals surface area contributed by atoms with Gasteiger partial charge in [-0.05, 0) is 43.5 Å². The number of piperidine rings is 1. The lowest BCUT2D eigenvalue weighted by atomic mass is 9.90. The molecule has 17 heavy (non-hydrogen) atoms. The predicted octanol–water partition coefficient (Wildman–Crippen LogP) is 2.64. The summed E-state index contributed by atoms with van der Waals surface area (Å²) in [5.74, 6) is 0.751. The highest BCUT2D eigenvalue weighted by Gasteiger charge is 2.23. The molecule has 2 aliphatic heterocycles. The molecule has 0 aromatic heterocycles. The molecule has 1 N–H and O–H groups in total. The van der Waals surface area contributed by atoms with Crippen LogP contribution in [0.1, 0.15) is 24.3 Å². The lowest BCUT2D eigenvalue weighted by Crippen LogP contribution is -2.30. The molecule has 2 saturated heterocycles. The van der Waals surface area contributed by atoms with E-state index in [-0.39, 0.29) is 0 Å². The summed E-state index contributed by atoms with van der Waals surface area (Å²) in [7, 11) is 0. The predicted molar refractivity (Wildman–Crippen MR) is 71.8 cm³/mol. The minimum atomic E-state index is 0.679. The third kappa shape index (κ3) is 2.67. The molecule has 92 valence electrons. The Morgan fingerprint density at radius 1 is 1.12 bits per heavy atom. The topological polar surface area (TPSA) is 21.3 Å². The SMILES string of the molecule is c1ccc(C2CCNCC2)c(SC2COC2)c1. The maximum absolute atomic E-state index is 5.26. The van der Waals surface area contributed by atoms with Crippen LogP contribution < -0.4 is 5.32 Å². The second-order valence-corrected chi connectivity index (χ2v) is 6.18. The van der Waals surface area contributed by atoms with Crippen molar-refractivity contribution in [2.45, 2.75) is 28.9 Å². The highest BCUT2D eigenvalue weighted by Crippen LogP contribution is 2.36. The Kier molecular flexibility index (Phi) is 3.69. The molecule has 3 rings (SSSR count). The van der Waals surface area contributed by atoms with Crippen molar-refractivity contribution in [1.82, 2.24) is 5.32 Å². The van der Waals surface area contributed by atoms with Gasteiger partial charge >= 0.3 is 0 Å². The van der Waals surface area contributed by atoms with E-state index >= 15 is 0 Å². The first kappa shape index (κ1) is 11.6. The van der Waals surface area contributed by atoms with E-state index in [2.05, 4.69) is 29.6 Å². The van der Waals surface area contributed by atoms with E-state index in [1.165, 1.54) is 17.7 Å². The molecule has 0 aliphatic carbocycles. The maximum atomic E-state index is 5.26. The van der Waals surface area contributed by atoms with Crippen molar-refractivity contribution in [3.8, 4) is 0 Å². The number of rotatable bonds is 3. The second-order valence-electron chi connectivity index (χ2n) is 4.84. The Hall–Kier alpha value is -0.510. The van der Waals surface area contributed by atoms with Gasteiger partial charge in [0, 0.05) is 4.90 Å². The van der Waals surface area contributed by atoms with Crippen LogP contribution in [0, 0.1) is 0 Å². The molecule has 2 nitrogen and oxygen atoms in total. The second kappa shape index (κ2) is 5.42.